The Hall–Kier alpha value is -2.68. The molecule has 1 aliphatic heterocycles. The molecule has 1 saturated heterocycles. The van der Waals surface area contributed by atoms with Crippen LogP contribution in [-0.4, -0.2) is 23.1 Å². The summed E-state index contributed by atoms with van der Waals surface area (Å²) in [5.74, 6) is 0.258. The number of likely N-dealkylation sites (tertiary alicyclic amines) is 1. The Balaban J connectivity index is 1.56. The van der Waals surface area contributed by atoms with Crippen molar-refractivity contribution in [1.82, 2.24) is 4.90 Å². The molecule has 1 heterocycles. The van der Waals surface area contributed by atoms with Crippen LogP contribution in [0.1, 0.15) is 23.1 Å². The van der Waals surface area contributed by atoms with Crippen molar-refractivity contribution in [3.05, 3.63) is 120 Å². The molecular weight excluding hydrogens is 342 g/mol. The lowest BCUT2D eigenvalue weighted by Crippen LogP contribution is -2.31. The highest BCUT2D eigenvalue weighted by Gasteiger charge is 2.38. The summed E-state index contributed by atoms with van der Waals surface area (Å²) >= 11 is 0. The number of benzene rings is 3. The van der Waals surface area contributed by atoms with Gasteiger partial charge in [-0.2, -0.15) is 0 Å². The third-order valence-corrected chi connectivity index (χ3v) is 5.78. The number of rotatable bonds is 6. The summed E-state index contributed by atoms with van der Waals surface area (Å²) in [4.78, 5) is 2.43. The van der Waals surface area contributed by atoms with E-state index in [1.54, 1.807) is 0 Å². The van der Waals surface area contributed by atoms with E-state index in [4.69, 9.17) is 0 Å². The van der Waals surface area contributed by atoms with Crippen molar-refractivity contribution < 1.29 is 5.11 Å². The van der Waals surface area contributed by atoms with Crippen LogP contribution < -0.4 is 0 Å². The first-order valence-corrected chi connectivity index (χ1v) is 9.92. The van der Waals surface area contributed by atoms with Crippen molar-refractivity contribution in [3.63, 3.8) is 0 Å². The van der Waals surface area contributed by atoms with Crippen LogP contribution in [0.15, 0.2) is 103 Å². The second-order valence-corrected chi connectivity index (χ2v) is 7.81. The van der Waals surface area contributed by atoms with Crippen LogP contribution in [-0.2, 0) is 12.1 Å². The van der Waals surface area contributed by atoms with Crippen LogP contribution in [0.25, 0.3) is 0 Å². The molecule has 1 atom stereocenters. The highest BCUT2D eigenvalue weighted by atomic mass is 16.3. The van der Waals surface area contributed by atoms with E-state index < -0.39 is 5.60 Å². The van der Waals surface area contributed by atoms with Crippen molar-refractivity contribution in [3.8, 4) is 0 Å². The van der Waals surface area contributed by atoms with Gasteiger partial charge in [0.15, 0.2) is 0 Å². The minimum Gasteiger partial charge on any atom is -0.380 e. The Morgan fingerprint density at radius 3 is 1.86 bits per heavy atom. The molecule has 0 saturated carbocycles. The molecule has 1 aliphatic rings. The van der Waals surface area contributed by atoms with Gasteiger partial charge < -0.3 is 5.11 Å². The van der Waals surface area contributed by atoms with Gasteiger partial charge >= 0.3 is 0 Å². The van der Waals surface area contributed by atoms with Gasteiger partial charge in [-0.15, -0.1) is 0 Å². The number of hydrogen-bond acceptors (Lipinski definition) is 2. The zero-order valence-corrected chi connectivity index (χ0v) is 16.2. The quantitative estimate of drug-likeness (QED) is 0.618. The van der Waals surface area contributed by atoms with E-state index in [1.807, 2.05) is 60.7 Å². The molecule has 28 heavy (non-hydrogen) atoms. The summed E-state index contributed by atoms with van der Waals surface area (Å²) in [6, 6.07) is 30.6. The molecule has 3 aromatic rings. The maximum absolute atomic E-state index is 11.8. The number of hydrogen-bond donors (Lipinski definition) is 1. The minimum atomic E-state index is -1.01. The monoisotopic (exact) mass is 369 g/mol. The fourth-order valence-corrected chi connectivity index (χ4v) is 4.28. The molecule has 0 aromatic heterocycles. The van der Waals surface area contributed by atoms with Crippen LogP contribution in [0.3, 0.4) is 0 Å². The molecule has 2 nitrogen and oxygen atoms in total. The van der Waals surface area contributed by atoms with Crippen molar-refractivity contribution >= 4 is 0 Å². The van der Waals surface area contributed by atoms with E-state index in [2.05, 4.69) is 41.8 Å². The maximum Gasteiger partial charge on any atom is 0.115 e. The number of aliphatic hydroxyl groups is 1. The first-order valence-electron chi connectivity index (χ1n) is 9.92. The topological polar surface area (TPSA) is 23.5 Å². The number of nitrogens with zero attached hydrogens (tertiary/aromatic N) is 1. The largest absolute Gasteiger partial charge is 0.380 e. The smallest absolute Gasteiger partial charge is 0.115 e. The molecule has 1 unspecified atom stereocenters. The summed E-state index contributed by atoms with van der Waals surface area (Å²) < 4.78 is 0. The lowest BCUT2D eigenvalue weighted by atomic mass is 9.78. The molecule has 0 bridgehead atoms. The molecule has 0 amide bonds. The maximum atomic E-state index is 11.8. The van der Waals surface area contributed by atoms with Crippen LogP contribution in [0.2, 0.25) is 0 Å². The van der Waals surface area contributed by atoms with Gasteiger partial charge in [0.1, 0.15) is 5.60 Å². The second kappa shape index (κ2) is 8.14. The predicted octanol–water partition coefficient (Wildman–Crippen LogP) is 5.00. The molecule has 0 spiro atoms. The van der Waals surface area contributed by atoms with Gasteiger partial charge in [0.05, 0.1) is 0 Å². The van der Waals surface area contributed by atoms with Gasteiger partial charge in [-0.25, -0.2) is 0 Å². The van der Waals surface area contributed by atoms with Crippen LogP contribution >= 0.6 is 0 Å². The molecule has 1 fully saturated rings. The van der Waals surface area contributed by atoms with E-state index in [-0.39, 0.29) is 5.92 Å². The zero-order chi connectivity index (χ0) is 19.4. The Bertz CT molecular complexity index is 865. The molecule has 142 valence electrons. The van der Waals surface area contributed by atoms with E-state index in [1.165, 1.54) is 11.1 Å². The highest BCUT2D eigenvalue weighted by molar-refractivity contribution is 5.37. The van der Waals surface area contributed by atoms with Crippen LogP contribution in [0, 0.1) is 5.92 Å². The molecule has 0 aliphatic carbocycles. The SMILES string of the molecule is C=C1CN(Cc2ccccc2)CC1CC(O)(c1ccccc1)c1ccccc1. The predicted molar refractivity (Wildman–Crippen MR) is 115 cm³/mol. The minimum absolute atomic E-state index is 0.258. The standard InChI is InChI=1S/C26H27NO/c1-21-18-27(19-22-11-5-2-6-12-22)20-23(21)17-26(28,24-13-7-3-8-14-24)25-15-9-4-10-16-25/h2-16,23,28H,1,17-20H2. The molecule has 2 heteroatoms. The summed E-state index contributed by atoms with van der Waals surface area (Å²) in [7, 11) is 0. The molecular formula is C26H27NO. The molecule has 1 N–H and O–H groups in total. The lowest BCUT2D eigenvalue weighted by Gasteiger charge is -2.32. The Labute approximate surface area is 167 Å². The first kappa shape index (κ1) is 18.7. The van der Waals surface area contributed by atoms with Crippen molar-refractivity contribution in [1.29, 1.82) is 0 Å². The molecule has 4 rings (SSSR count). The highest BCUT2D eigenvalue weighted by Crippen LogP contribution is 2.39. The van der Waals surface area contributed by atoms with Crippen LogP contribution in [0.4, 0.5) is 0 Å². The first-order chi connectivity index (χ1) is 13.6. The van der Waals surface area contributed by atoms with Crippen molar-refractivity contribution in [2.75, 3.05) is 13.1 Å². The summed E-state index contributed by atoms with van der Waals surface area (Å²) in [5.41, 5.74) is 3.39. The van der Waals surface area contributed by atoms with E-state index >= 15 is 0 Å². The Morgan fingerprint density at radius 2 is 1.32 bits per heavy atom. The van der Waals surface area contributed by atoms with Crippen LogP contribution in [0.5, 0.6) is 0 Å². The van der Waals surface area contributed by atoms with Gasteiger partial charge in [-0.3, -0.25) is 4.90 Å². The van der Waals surface area contributed by atoms with E-state index in [0.717, 1.165) is 30.8 Å². The third-order valence-electron chi connectivity index (χ3n) is 5.78. The summed E-state index contributed by atoms with van der Waals surface area (Å²) in [6.07, 6.45) is 0.644. The fourth-order valence-electron chi connectivity index (χ4n) is 4.28. The molecule has 0 radical (unpaired) electrons. The summed E-state index contributed by atoms with van der Waals surface area (Å²) in [6.45, 7) is 7.08. The van der Waals surface area contributed by atoms with Crippen molar-refractivity contribution in [2.45, 2.75) is 18.6 Å². The molecule has 3 aromatic carbocycles. The average molecular weight is 370 g/mol. The Morgan fingerprint density at radius 1 is 0.821 bits per heavy atom. The van der Waals surface area contributed by atoms with Gasteiger partial charge in [0.25, 0.3) is 0 Å². The third kappa shape index (κ3) is 3.94. The van der Waals surface area contributed by atoms with Gasteiger partial charge in [-0.05, 0) is 29.0 Å². The van der Waals surface area contributed by atoms with E-state index in [0.29, 0.717) is 6.42 Å². The van der Waals surface area contributed by atoms with Gasteiger partial charge in [0.2, 0.25) is 0 Å². The average Bonchev–Trinajstić information content (AvgIpc) is 3.08. The second-order valence-electron chi connectivity index (χ2n) is 7.81. The zero-order valence-electron chi connectivity index (χ0n) is 16.2. The van der Waals surface area contributed by atoms with Gasteiger partial charge in [0, 0.05) is 19.6 Å². The van der Waals surface area contributed by atoms with Gasteiger partial charge in [-0.1, -0.05) is 103 Å². The fraction of sp³-hybridized carbons (Fsp3) is 0.231. The van der Waals surface area contributed by atoms with Crippen molar-refractivity contribution in [2.24, 2.45) is 5.92 Å². The summed E-state index contributed by atoms with van der Waals surface area (Å²) in [5, 5.41) is 11.8. The normalized spacial score (nSPS) is 17.8. The van der Waals surface area contributed by atoms with E-state index in [9.17, 15) is 5.11 Å². The Kier molecular flexibility index (Phi) is 5.43. The lowest BCUT2D eigenvalue weighted by molar-refractivity contribution is 0.0570.